The fraction of sp³-hybridized carbons (Fsp3) is 0.286. The van der Waals surface area contributed by atoms with Crippen LogP contribution in [0.15, 0.2) is 36.9 Å². The van der Waals surface area contributed by atoms with Crippen molar-refractivity contribution in [1.82, 2.24) is 14.5 Å². The van der Waals surface area contributed by atoms with Crippen LogP contribution in [-0.2, 0) is 6.54 Å². The van der Waals surface area contributed by atoms with Crippen LogP contribution < -0.4 is 0 Å². The molecule has 0 radical (unpaired) electrons. The number of benzene rings is 1. The number of amides is 1. The molecule has 6 heteroatoms. The van der Waals surface area contributed by atoms with Crippen molar-refractivity contribution in [2.45, 2.75) is 26.4 Å². The molecule has 0 spiro atoms. The molecule has 20 heavy (non-hydrogen) atoms. The Balaban J connectivity index is 2.24. The normalized spacial score (nSPS) is 10.8. The zero-order valence-corrected chi connectivity index (χ0v) is 12.8. The van der Waals surface area contributed by atoms with Crippen molar-refractivity contribution in [3.63, 3.8) is 0 Å². The molecule has 4 nitrogen and oxygen atoms in total. The van der Waals surface area contributed by atoms with E-state index in [0.29, 0.717) is 16.6 Å². The second kappa shape index (κ2) is 6.29. The Morgan fingerprint density at radius 2 is 2.15 bits per heavy atom. The highest BCUT2D eigenvalue weighted by Crippen LogP contribution is 2.23. The maximum absolute atomic E-state index is 12.4. The van der Waals surface area contributed by atoms with E-state index in [-0.39, 0.29) is 12.1 Å². The standard InChI is InChI=1S/C14H15Cl2N3O/c1-10(2)19(14(20)18-6-5-17-9-18)8-11-3-4-12(15)7-13(11)16/h3-7,9-10H,8H2,1-2H3. The van der Waals surface area contributed by atoms with E-state index in [9.17, 15) is 4.79 Å². The molecule has 1 aromatic heterocycles. The summed E-state index contributed by atoms with van der Waals surface area (Å²) in [6.45, 7) is 4.34. The van der Waals surface area contributed by atoms with Gasteiger partial charge in [0.05, 0.1) is 0 Å². The SMILES string of the molecule is CC(C)N(Cc1ccc(Cl)cc1Cl)C(=O)n1ccnc1. The number of aromatic nitrogens is 2. The van der Waals surface area contributed by atoms with Gasteiger partial charge in [-0.05, 0) is 31.5 Å². The summed E-state index contributed by atoms with van der Waals surface area (Å²) < 4.78 is 1.45. The molecule has 1 aromatic carbocycles. The zero-order valence-electron chi connectivity index (χ0n) is 11.3. The third-order valence-electron chi connectivity index (χ3n) is 2.95. The Labute approximate surface area is 127 Å². The summed E-state index contributed by atoms with van der Waals surface area (Å²) in [5.74, 6) is 0. The molecule has 1 heterocycles. The van der Waals surface area contributed by atoms with Crippen molar-refractivity contribution in [1.29, 1.82) is 0 Å². The molecular weight excluding hydrogens is 297 g/mol. The second-order valence-electron chi connectivity index (χ2n) is 4.71. The van der Waals surface area contributed by atoms with Crippen LogP contribution in [-0.4, -0.2) is 26.5 Å². The summed E-state index contributed by atoms with van der Waals surface area (Å²) in [5.41, 5.74) is 0.859. The summed E-state index contributed by atoms with van der Waals surface area (Å²) >= 11 is 12.0. The predicted octanol–water partition coefficient (Wildman–Crippen LogP) is 4.07. The lowest BCUT2D eigenvalue weighted by Crippen LogP contribution is -2.38. The highest BCUT2D eigenvalue weighted by molar-refractivity contribution is 6.35. The Morgan fingerprint density at radius 1 is 1.40 bits per heavy atom. The average Bonchev–Trinajstić information content (AvgIpc) is 2.90. The van der Waals surface area contributed by atoms with Crippen molar-refractivity contribution >= 4 is 29.2 Å². The first-order valence-corrected chi connectivity index (χ1v) is 6.97. The van der Waals surface area contributed by atoms with Crippen LogP contribution >= 0.6 is 23.2 Å². The molecule has 0 unspecified atom stereocenters. The first-order chi connectivity index (χ1) is 9.49. The van der Waals surface area contributed by atoms with Crippen molar-refractivity contribution in [2.24, 2.45) is 0 Å². The van der Waals surface area contributed by atoms with Gasteiger partial charge in [0, 0.05) is 35.0 Å². The van der Waals surface area contributed by atoms with Crippen LogP contribution in [0.25, 0.3) is 0 Å². The lowest BCUT2D eigenvalue weighted by molar-refractivity contribution is 0.181. The van der Waals surface area contributed by atoms with Gasteiger partial charge < -0.3 is 4.90 Å². The number of nitrogens with zero attached hydrogens (tertiary/aromatic N) is 3. The molecule has 2 aromatic rings. The quantitative estimate of drug-likeness (QED) is 0.857. The van der Waals surface area contributed by atoms with Gasteiger partial charge in [0.15, 0.2) is 0 Å². The first-order valence-electron chi connectivity index (χ1n) is 6.22. The van der Waals surface area contributed by atoms with Crippen molar-refractivity contribution in [3.05, 3.63) is 52.5 Å². The highest BCUT2D eigenvalue weighted by Gasteiger charge is 2.19. The molecule has 0 aliphatic carbocycles. The van der Waals surface area contributed by atoms with Crippen LogP contribution in [0.2, 0.25) is 10.0 Å². The minimum absolute atomic E-state index is 0.0386. The molecule has 0 saturated carbocycles. The van der Waals surface area contributed by atoms with E-state index >= 15 is 0 Å². The molecule has 1 amide bonds. The average molecular weight is 312 g/mol. The van der Waals surface area contributed by atoms with Crippen molar-refractivity contribution in [3.8, 4) is 0 Å². The molecule has 0 fully saturated rings. The van der Waals surface area contributed by atoms with Gasteiger partial charge in [-0.3, -0.25) is 4.57 Å². The monoisotopic (exact) mass is 311 g/mol. The molecule has 106 valence electrons. The molecule has 0 aliphatic heterocycles. The van der Waals surface area contributed by atoms with Gasteiger partial charge in [-0.2, -0.15) is 0 Å². The fourth-order valence-electron chi connectivity index (χ4n) is 1.83. The summed E-state index contributed by atoms with van der Waals surface area (Å²) in [7, 11) is 0. The highest BCUT2D eigenvalue weighted by atomic mass is 35.5. The van der Waals surface area contributed by atoms with E-state index in [1.165, 1.54) is 10.9 Å². The van der Waals surface area contributed by atoms with Crippen LogP contribution in [0.3, 0.4) is 0 Å². The van der Waals surface area contributed by atoms with E-state index in [4.69, 9.17) is 23.2 Å². The summed E-state index contributed by atoms with van der Waals surface area (Å²) in [4.78, 5) is 18.0. The van der Waals surface area contributed by atoms with Crippen molar-refractivity contribution < 1.29 is 4.79 Å². The third-order valence-corrected chi connectivity index (χ3v) is 3.54. The van der Waals surface area contributed by atoms with Crippen LogP contribution in [0.4, 0.5) is 4.79 Å². The minimum atomic E-state index is -0.136. The third kappa shape index (κ3) is 3.32. The number of carbonyl (C=O) groups is 1. The van der Waals surface area contributed by atoms with E-state index in [1.807, 2.05) is 19.9 Å². The lowest BCUT2D eigenvalue weighted by Gasteiger charge is -2.27. The number of hydrogen-bond acceptors (Lipinski definition) is 2. The number of halogens is 2. The van der Waals surface area contributed by atoms with Crippen LogP contribution in [0.1, 0.15) is 19.4 Å². The Morgan fingerprint density at radius 3 is 2.70 bits per heavy atom. The summed E-state index contributed by atoms with van der Waals surface area (Å²) in [6, 6.07) is 5.18. The number of rotatable bonds is 3. The smallest absolute Gasteiger partial charge is 0.317 e. The van der Waals surface area contributed by atoms with Gasteiger partial charge in [0.25, 0.3) is 0 Å². The maximum Gasteiger partial charge on any atom is 0.329 e. The Kier molecular flexibility index (Phi) is 4.68. The van der Waals surface area contributed by atoms with Crippen LogP contribution in [0, 0.1) is 0 Å². The summed E-state index contributed by atoms with van der Waals surface area (Å²) in [6.07, 6.45) is 4.69. The van der Waals surface area contributed by atoms with Gasteiger partial charge >= 0.3 is 6.03 Å². The number of imidazole rings is 1. The van der Waals surface area contributed by atoms with Crippen molar-refractivity contribution in [2.75, 3.05) is 0 Å². The van der Waals surface area contributed by atoms with Crippen LogP contribution in [0.5, 0.6) is 0 Å². The molecule has 0 bridgehead atoms. The number of hydrogen-bond donors (Lipinski definition) is 0. The molecule has 0 saturated heterocycles. The fourth-order valence-corrected chi connectivity index (χ4v) is 2.29. The second-order valence-corrected chi connectivity index (χ2v) is 5.55. The molecular formula is C14H15Cl2N3O. The Bertz CT molecular complexity index is 596. The van der Waals surface area contributed by atoms with E-state index < -0.39 is 0 Å². The molecule has 2 rings (SSSR count). The Hall–Kier alpha value is -1.52. The van der Waals surface area contributed by atoms with Gasteiger partial charge in [-0.25, -0.2) is 9.78 Å². The summed E-state index contributed by atoms with van der Waals surface area (Å²) in [5, 5.41) is 1.14. The largest absolute Gasteiger partial charge is 0.329 e. The number of carbonyl (C=O) groups excluding carboxylic acids is 1. The van der Waals surface area contributed by atoms with E-state index in [2.05, 4.69) is 4.98 Å². The zero-order chi connectivity index (χ0) is 14.7. The van der Waals surface area contributed by atoms with E-state index in [0.717, 1.165) is 5.56 Å². The van der Waals surface area contributed by atoms with Gasteiger partial charge in [-0.1, -0.05) is 29.3 Å². The predicted molar refractivity (Wildman–Crippen MR) is 80.2 cm³/mol. The van der Waals surface area contributed by atoms with E-state index in [1.54, 1.807) is 29.4 Å². The van der Waals surface area contributed by atoms with Gasteiger partial charge in [0.2, 0.25) is 0 Å². The molecule has 0 atom stereocenters. The van der Waals surface area contributed by atoms with Gasteiger partial charge in [-0.15, -0.1) is 0 Å². The maximum atomic E-state index is 12.4. The lowest BCUT2D eigenvalue weighted by atomic mass is 10.2. The molecule has 0 aliphatic rings. The first kappa shape index (κ1) is 14.9. The topological polar surface area (TPSA) is 38.1 Å². The minimum Gasteiger partial charge on any atom is -0.317 e. The van der Waals surface area contributed by atoms with Gasteiger partial charge in [0.1, 0.15) is 6.33 Å². The molecule has 0 N–H and O–H groups in total.